The molecule has 0 amide bonds. The van der Waals surface area contributed by atoms with E-state index in [1.807, 2.05) is 0 Å². The maximum absolute atomic E-state index is 8.43. The smallest absolute Gasteiger partial charge is 0.0625 e. The molecule has 0 aromatic heterocycles. The van der Waals surface area contributed by atoms with Gasteiger partial charge in [-0.25, -0.2) is 0 Å². The van der Waals surface area contributed by atoms with Gasteiger partial charge in [0.05, 0.1) is 6.07 Å². The van der Waals surface area contributed by atoms with Crippen LogP contribution >= 0.6 is 0 Å². The molecule has 1 rings (SSSR count). The molecule has 2 nitrogen and oxygen atoms in total. The summed E-state index contributed by atoms with van der Waals surface area (Å²) in [5, 5.41) is 8.43. The summed E-state index contributed by atoms with van der Waals surface area (Å²) < 4.78 is 0. The van der Waals surface area contributed by atoms with E-state index in [1.165, 1.54) is 12.8 Å². The van der Waals surface area contributed by atoms with Crippen molar-refractivity contribution in [2.24, 2.45) is 11.7 Å². The van der Waals surface area contributed by atoms with Gasteiger partial charge in [0.15, 0.2) is 0 Å². The van der Waals surface area contributed by atoms with Crippen molar-refractivity contribution in [2.75, 3.05) is 0 Å². The summed E-state index contributed by atoms with van der Waals surface area (Å²) in [7, 11) is 0. The Morgan fingerprint density at radius 3 is 2.70 bits per heavy atom. The molecule has 1 aliphatic rings. The van der Waals surface area contributed by atoms with E-state index in [4.69, 9.17) is 11.0 Å². The minimum Gasteiger partial charge on any atom is -0.327 e. The highest BCUT2D eigenvalue weighted by Crippen LogP contribution is 2.24. The molecule has 0 radical (unpaired) electrons. The zero-order valence-electron chi connectivity index (χ0n) is 6.21. The molecular formula is C8H14N2. The molecule has 2 atom stereocenters. The largest absolute Gasteiger partial charge is 0.327 e. The average Bonchev–Trinajstić information content (AvgIpc) is 1.94. The van der Waals surface area contributed by atoms with Crippen molar-refractivity contribution in [1.29, 1.82) is 5.26 Å². The number of hydrogen-bond acceptors (Lipinski definition) is 2. The molecule has 0 aromatic carbocycles. The van der Waals surface area contributed by atoms with Crippen molar-refractivity contribution in [3.63, 3.8) is 0 Å². The van der Waals surface area contributed by atoms with Gasteiger partial charge < -0.3 is 5.73 Å². The molecule has 0 aromatic rings. The summed E-state index contributed by atoms with van der Waals surface area (Å²) in [6.45, 7) is 0. The Labute approximate surface area is 62.0 Å². The van der Waals surface area contributed by atoms with E-state index < -0.39 is 0 Å². The van der Waals surface area contributed by atoms with E-state index in [0.717, 1.165) is 12.8 Å². The van der Waals surface area contributed by atoms with E-state index in [1.54, 1.807) is 0 Å². The quantitative estimate of drug-likeness (QED) is 0.595. The standard InChI is InChI=1S/C8H14N2/c9-6-5-7-3-1-2-4-8(7)10/h7-8H,1-5,10H2. The lowest BCUT2D eigenvalue weighted by Crippen LogP contribution is -2.32. The van der Waals surface area contributed by atoms with Crippen molar-refractivity contribution >= 4 is 0 Å². The molecule has 0 spiro atoms. The molecule has 2 N–H and O–H groups in total. The van der Waals surface area contributed by atoms with Gasteiger partial charge in [-0.05, 0) is 18.8 Å². The van der Waals surface area contributed by atoms with Crippen LogP contribution in [0, 0.1) is 17.2 Å². The highest BCUT2D eigenvalue weighted by atomic mass is 14.7. The predicted molar refractivity (Wildman–Crippen MR) is 40.2 cm³/mol. The van der Waals surface area contributed by atoms with Crippen LogP contribution in [0.15, 0.2) is 0 Å². The van der Waals surface area contributed by atoms with Gasteiger partial charge in [0, 0.05) is 12.5 Å². The van der Waals surface area contributed by atoms with Crippen molar-refractivity contribution in [3.05, 3.63) is 0 Å². The van der Waals surface area contributed by atoms with E-state index in [-0.39, 0.29) is 0 Å². The first-order chi connectivity index (χ1) is 4.84. The summed E-state index contributed by atoms with van der Waals surface area (Å²) in [4.78, 5) is 0. The minimum absolute atomic E-state index is 0.299. The SMILES string of the molecule is N#CCC1CCCCC1N. The Morgan fingerprint density at radius 1 is 1.40 bits per heavy atom. The summed E-state index contributed by atoms with van der Waals surface area (Å²) in [5.41, 5.74) is 5.81. The van der Waals surface area contributed by atoms with Crippen molar-refractivity contribution < 1.29 is 0 Å². The maximum Gasteiger partial charge on any atom is 0.0625 e. The zero-order valence-corrected chi connectivity index (χ0v) is 6.21. The van der Waals surface area contributed by atoms with E-state index in [9.17, 15) is 0 Å². The van der Waals surface area contributed by atoms with Gasteiger partial charge in [-0.1, -0.05) is 12.8 Å². The first kappa shape index (κ1) is 7.56. The Morgan fingerprint density at radius 2 is 2.10 bits per heavy atom. The lowest BCUT2D eigenvalue weighted by molar-refractivity contribution is 0.312. The van der Waals surface area contributed by atoms with Crippen LogP contribution in [-0.2, 0) is 0 Å². The number of nitriles is 1. The minimum atomic E-state index is 0.299. The number of nitrogens with zero attached hydrogens (tertiary/aromatic N) is 1. The Balaban J connectivity index is 2.34. The molecular weight excluding hydrogens is 124 g/mol. The molecule has 2 unspecified atom stereocenters. The molecule has 56 valence electrons. The van der Waals surface area contributed by atoms with E-state index in [0.29, 0.717) is 18.4 Å². The van der Waals surface area contributed by atoms with Crippen LogP contribution in [0.25, 0.3) is 0 Å². The lowest BCUT2D eigenvalue weighted by Gasteiger charge is -2.26. The second-order valence-corrected chi connectivity index (χ2v) is 3.07. The maximum atomic E-state index is 8.43. The van der Waals surface area contributed by atoms with E-state index >= 15 is 0 Å². The molecule has 0 heterocycles. The molecule has 1 aliphatic carbocycles. The van der Waals surface area contributed by atoms with Crippen LogP contribution in [0.3, 0.4) is 0 Å². The van der Waals surface area contributed by atoms with Gasteiger partial charge in [-0.15, -0.1) is 0 Å². The molecule has 2 heteroatoms. The monoisotopic (exact) mass is 138 g/mol. The fraction of sp³-hybridized carbons (Fsp3) is 0.875. The van der Waals surface area contributed by atoms with Gasteiger partial charge >= 0.3 is 0 Å². The highest BCUT2D eigenvalue weighted by molar-refractivity contribution is 4.85. The number of rotatable bonds is 1. The normalized spacial score (nSPS) is 33.2. The van der Waals surface area contributed by atoms with Gasteiger partial charge in [-0.3, -0.25) is 0 Å². The first-order valence-electron chi connectivity index (χ1n) is 3.97. The predicted octanol–water partition coefficient (Wildman–Crippen LogP) is 1.42. The lowest BCUT2D eigenvalue weighted by atomic mass is 9.83. The first-order valence-corrected chi connectivity index (χ1v) is 3.97. The Kier molecular flexibility index (Phi) is 2.70. The van der Waals surface area contributed by atoms with Crippen molar-refractivity contribution in [1.82, 2.24) is 0 Å². The third-order valence-corrected chi connectivity index (χ3v) is 2.32. The molecule has 1 saturated carbocycles. The molecule has 0 saturated heterocycles. The summed E-state index contributed by atoms with van der Waals surface area (Å²) >= 11 is 0. The highest BCUT2D eigenvalue weighted by Gasteiger charge is 2.20. The number of hydrogen-bond donors (Lipinski definition) is 1. The molecule has 1 fully saturated rings. The van der Waals surface area contributed by atoms with Crippen LogP contribution in [0.5, 0.6) is 0 Å². The average molecular weight is 138 g/mol. The molecule has 0 bridgehead atoms. The van der Waals surface area contributed by atoms with Crippen LogP contribution < -0.4 is 5.73 Å². The second-order valence-electron chi connectivity index (χ2n) is 3.07. The third kappa shape index (κ3) is 1.71. The van der Waals surface area contributed by atoms with Gasteiger partial charge in [0.1, 0.15) is 0 Å². The van der Waals surface area contributed by atoms with Gasteiger partial charge in [0.2, 0.25) is 0 Å². The van der Waals surface area contributed by atoms with Gasteiger partial charge in [-0.2, -0.15) is 5.26 Å². The van der Waals surface area contributed by atoms with Gasteiger partial charge in [0.25, 0.3) is 0 Å². The van der Waals surface area contributed by atoms with Crippen molar-refractivity contribution in [2.45, 2.75) is 38.1 Å². The molecule has 0 aliphatic heterocycles. The zero-order chi connectivity index (χ0) is 7.40. The van der Waals surface area contributed by atoms with Crippen LogP contribution in [-0.4, -0.2) is 6.04 Å². The number of nitrogens with two attached hydrogens (primary N) is 1. The van der Waals surface area contributed by atoms with Crippen LogP contribution in [0.2, 0.25) is 0 Å². The fourth-order valence-electron chi connectivity index (χ4n) is 1.61. The van der Waals surface area contributed by atoms with E-state index in [2.05, 4.69) is 6.07 Å². The summed E-state index contributed by atoms with van der Waals surface area (Å²) in [5.74, 6) is 0.485. The fourth-order valence-corrected chi connectivity index (χ4v) is 1.61. The Hall–Kier alpha value is -0.550. The van der Waals surface area contributed by atoms with Crippen molar-refractivity contribution in [3.8, 4) is 6.07 Å². The van der Waals surface area contributed by atoms with Crippen LogP contribution in [0.4, 0.5) is 0 Å². The van der Waals surface area contributed by atoms with Crippen LogP contribution in [0.1, 0.15) is 32.1 Å². The topological polar surface area (TPSA) is 49.8 Å². The summed E-state index contributed by atoms with van der Waals surface area (Å²) in [6.07, 6.45) is 5.45. The Bertz CT molecular complexity index is 137. The second kappa shape index (κ2) is 3.58. The summed E-state index contributed by atoms with van der Waals surface area (Å²) in [6, 6.07) is 2.49. The third-order valence-electron chi connectivity index (χ3n) is 2.32. The molecule has 10 heavy (non-hydrogen) atoms.